The Kier molecular flexibility index (Phi) is 7.02. The number of fused-ring (bicyclic) bond motifs is 6. The van der Waals surface area contributed by atoms with Gasteiger partial charge in [0.15, 0.2) is 0 Å². The van der Waals surface area contributed by atoms with Crippen LogP contribution < -0.4 is 30.4 Å². The minimum absolute atomic E-state index is 0.0697. The average molecular weight is 984 g/mol. The zero-order chi connectivity index (χ0) is 67.8. The summed E-state index contributed by atoms with van der Waals surface area (Å²) in [5, 5.41) is 0.873. The van der Waals surface area contributed by atoms with E-state index in [-0.39, 0.29) is 50.1 Å². The van der Waals surface area contributed by atoms with E-state index in [1.807, 2.05) is 45.0 Å². The van der Waals surface area contributed by atoms with Gasteiger partial charge in [-0.1, -0.05) is 189 Å². The van der Waals surface area contributed by atoms with Crippen LogP contribution in [0.4, 0.5) is 51.2 Å². The molecule has 0 saturated carbocycles. The normalized spacial score (nSPS) is 17.0. The zero-order valence-corrected chi connectivity index (χ0v) is 42.8. The van der Waals surface area contributed by atoms with Gasteiger partial charge < -0.3 is 14.7 Å². The van der Waals surface area contributed by atoms with Crippen LogP contribution in [0, 0.1) is 0 Å². The zero-order valence-electron chi connectivity index (χ0n) is 62.0. The third kappa shape index (κ3) is 8.15. The summed E-state index contributed by atoms with van der Waals surface area (Å²) in [5.74, 6) is 0. The van der Waals surface area contributed by atoms with Gasteiger partial charge in [-0.3, -0.25) is 0 Å². The van der Waals surface area contributed by atoms with Crippen LogP contribution in [0.25, 0.3) is 32.3 Å². The topological polar surface area (TPSA) is 9.72 Å². The fourth-order valence-corrected chi connectivity index (χ4v) is 11.4. The fraction of sp³-hybridized carbons (Fsp3) is 0.176. The second-order valence-corrected chi connectivity index (χ2v) is 22.7. The third-order valence-corrected chi connectivity index (χ3v) is 15.1. The first-order valence-electron chi connectivity index (χ1n) is 34.2. The van der Waals surface area contributed by atoms with Crippen molar-refractivity contribution in [1.29, 1.82) is 0 Å². The van der Waals surface area contributed by atoms with Gasteiger partial charge in [0.05, 0.1) is 38.8 Å². The van der Waals surface area contributed by atoms with Crippen LogP contribution in [0.15, 0.2) is 212 Å². The Balaban J connectivity index is 1.33. The van der Waals surface area contributed by atoms with E-state index in [1.165, 1.54) is 0 Å². The number of hydrogen-bond acceptors (Lipinski definition) is 4. The fourth-order valence-electron chi connectivity index (χ4n) is 10.1. The van der Waals surface area contributed by atoms with E-state index < -0.39 is 144 Å². The van der Waals surface area contributed by atoms with Crippen LogP contribution in [-0.4, -0.2) is 6.71 Å². The van der Waals surface area contributed by atoms with Gasteiger partial charge in [0, 0.05) is 60.2 Å². The molecule has 3 heterocycles. The maximum Gasteiger partial charge on any atom is 0.264 e. The molecule has 1 aromatic heterocycles. The number of thiophene rings is 1. The number of rotatable bonds is 7. The number of nitrogens with zero attached hydrogens (tertiary/aromatic N) is 3. The Hall–Kier alpha value is -7.60. The van der Waals surface area contributed by atoms with Crippen molar-refractivity contribution in [3.05, 3.63) is 229 Å². The van der Waals surface area contributed by atoms with Gasteiger partial charge in [0.25, 0.3) is 6.71 Å². The van der Waals surface area contributed by atoms with Gasteiger partial charge >= 0.3 is 0 Å². The van der Waals surface area contributed by atoms with E-state index in [1.54, 1.807) is 52.6 Å². The molecule has 9 aromatic carbocycles. The second kappa shape index (κ2) is 17.6. The molecule has 358 valence electrons. The molecule has 10 aromatic rings. The molecule has 0 amide bonds. The van der Waals surface area contributed by atoms with Gasteiger partial charge in [0.2, 0.25) is 0 Å². The summed E-state index contributed by atoms with van der Waals surface area (Å²) >= 11 is 1.54. The lowest BCUT2D eigenvalue weighted by atomic mass is 9.36. The molecule has 0 bridgehead atoms. The first-order valence-corrected chi connectivity index (χ1v) is 25.0. The van der Waals surface area contributed by atoms with Crippen LogP contribution in [0.1, 0.15) is 106 Å². The molecule has 5 heteroatoms. The number of para-hydroxylation sites is 2. The smallest absolute Gasteiger partial charge is 0.264 e. The lowest BCUT2D eigenvalue weighted by Gasteiger charge is -2.44. The Morgan fingerprint density at radius 2 is 0.959 bits per heavy atom. The van der Waals surface area contributed by atoms with E-state index in [2.05, 4.69) is 76.8 Å². The van der Waals surface area contributed by atoms with Crippen molar-refractivity contribution in [1.82, 2.24) is 0 Å². The van der Waals surface area contributed by atoms with Gasteiger partial charge in [-0.25, -0.2) is 0 Å². The SMILES string of the molecule is [2H]c1c([2H])c([2H])c(-c2cc3c4c(c2)N(c2ccc(C(C)(C)C)cc2)c2c(sc5ccc(C(C)(C)C)cc25)B4c2ccc(N(c4c([2H])c([2H])c([2H])c([2H])c4[2H])c4c([2H])c([2H])c([2H])c([2H])c4[2H])cc2N3c2ccc(C(C)(C)C)cc2-c2c([2H])c([2H])c([2H])c([2H])c2[2H])c([2H])c1[2H]. The summed E-state index contributed by atoms with van der Waals surface area (Å²) in [5.41, 5.74) is 4.25. The molecule has 0 aliphatic carbocycles. The highest BCUT2D eigenvalue weighted by Gasteiger charge is 2.46. The van der Waals surface area contributed by atoms with E-state index in [0.29, 0.717) is 33.6 Å². The molecule has 3 nitrogen and oxygen atoms in total. The van der Waals surface area contributed by atoms with Crippen LogP contribution >= 0.6 is 11.3 Å². The van der Waals surface area contributed by atoms with E-state index in [9.17, 15) is 11.0 Å². The van der Waals surface area contributed by atoms with Crippen LogP contribution in [0.5, 0.6) is 0 Å². The number of hydrogen-bond donors (Lipinski definition) is 0. The lowest BCUT2D eigenvalue weighted by Crippen LogP contribution is -2.60. The summed E-state index contributed by atoms with van der Waals surface area (Å²) < 4.78 is 185. The number of benzene rings is 9. The van der Waals surface area contributed by atoms with Crippen molar-refractivity contribution >= 4 is 95.0 Å². The van der Waals surface area contributed by atoms with Crippen LogP contribution in [-0.2, 0) is 16.2 Å². The summed E-state index contributed by atoms with van der Waals surface area (Å²) in [7, 11) is 0. The molecule has 2 aliphatic rings. The molecule has 0 N–H and O–H groups in total. The van der Waals surface area contributed by atoms with Gasteiger partial charge in [-0.2, -0.15) is 0 Å². The summed E-state index contributed by atoms with van der Waals surface area (Å²) in [4.78, 5) is 4.98. The minimum atomic E-state index is -0.784. The Bertz CT molecular complexity index is 4730. The summed E-state index contributed by atoms with van der Waals surface area (Å²) in [6.07, 6.45) is 0. The van der Waals surface area contributed by atoms with Crippen molar-refractivity contribution in [2.24, 2.45) is 0 Å². The highest BCUT2D eigenvalue weighted by Crippen LogP contribution is 2.52. The monoisotopic (exact) mass is 984 g/mol. The van der Waals surface area contributed by atoms with Gasteiger partial charge in [0.1, 0.15) is 0 Å². The highest BCUT2D eigenvalue weighted by molar-refractivity contribution is 7.33. The first kappa shape index (κ1) is 29.2. The lowest BCUT2D eigenvalue weighted by molar-refractivity contribution is 0.590. The number of anilines is 9. The van der Waals surface area contributed by atoms with Crippen LogP contribution in [0.3, 0.4) is 0 Å². The van der Waals surface area contributed by atoms with Crippen molar-refractivity contribution in [2.45, 2.75) is 78.6 Å². The molecule has 2 aliphatic heterocycles. The van der Waals surface area contributed by atoms with E-state index >= 15 is 0 Å². The van der Waals surface area contributed by atoms with Crippen molar-refractivity contribution in [3.8, 4) is 22.3 Å². The first-order chi connectivity index (χ1) is 43.4. The predicted molar refractivity (Wildman–Crippen MR) is 318 cm³/mol. The maximum atomic E-state index is 9.62. The standard InChI is InChI=1S/C68H62BN3S/c1-66(2,3)48-30-34-53(35-31-48)71-60-40-47(45-22-14-10-15-23-45)41-61-63(60)69(65-64(71)56-43-50(68(7,8)9)33-39-62(56)73-65)57-37-36-54(70(51-26-18-12-19-27-51)52-28-20-13-21-29-52)44-59(57)72(61)58-38-32-49(67(4,5)6)42-55(58)46-24-16-11-17-25-46/h10-44H,1-9H3/i10D,11D,12D,13D,14D,15D,16D,17D,18D,19D,20D,21D,22D,23D,24D,25D,26D,27D,28D,29D. The maximum absolute atomic E-state index is 9.62. The largest absolute Gasteiger partial charge is 0.311 e. The quantitative estimate of drug-likeness (QED) is 0.147. The minimum Gasteiger partial charge on any atom is -0.311 e. The Morgan fingerprint density at radius 3 is 1.55 bits per heavy atom. The average Bonchev–Trinajstić information content (AvgIpc) is 1.68. The third-order valence-electron chi connectivity index (χ3n) is 13.8. The molecule has 0 atom stereocenters. The highest BCUT2D eigenvalue weighted by atomic mass is 32.1. The Labute approximate surface area is 465 Å². The van der Waals surface area contributed by atoms with E-state index in [4.69, 9.17) is 16.4 Å². The van der Waals surface area contributed by atoms with Crippen LogP contribution in [0.2, 0.25) is 0 Å². The molecule has 0 spiro atoms. The van der Waals surface area contributed by atoms with Crippen molar-refractivity contribution < 1.29 is 27.4 Å². The molecule has 12 rings (SSSR count). The molecule has 0 radical (unpaired) electrons. The van der Waals surface area contributed by atoms with Gasteiger partial charge in [-0.15, -0.1) is 11.3 Å². The predicted octanol–water partition coefficient (Wildman–Crippen LogP) is 17.7. The molecule has 0 unspecified atom stereocenters. The van der Waals surface area contributed by atoms with Crippen molar-refractivity contribution in [3.63, 3.8) is 0 Å². The molecule has 0 fully saturated rings. The molecule has 0 saturated heterocycles. The Morgan fingerprint density at radius 1 is 0.438 bits per heavy atom. The molecular weight excluding hydrogens is 902 g/mol. The molecular formula is C68H62BN3S. The molecule has 73 heavy (non-hydrogen) atoms. The van der Waals surface area contributed by atoms with E-state index in [0.717, 1.165) is 36.6 Å². The van der Waals surface area contributed by atoms with Crippen molar-refractivity contribution in [2.75, 3.05) is 14.7 Å². The second-order valence-electron chi connectivity index (χ2n) is 21.6. The van der Waals surface area contributed by atoms with Gasteiger partial charge in [-0.05, 0) is 145 Å². The summed E-state index contributed by atoms with van der Waals surface area (Å²) in [6, 6.07) is 14.9. The summed E-state index contributed by atoms with van der Waals surface area (Å²) in [6.45, 7) is 17.8.